The molecule has 0 spiro atoms. The lowest BCUT2D eigenvalue weighted by molar-refractivity contribution is -0.130. The summed E-state index contributed by atoms with van der Waals surface area (Å²) in [5.41, 5.74) is 0.561. The van der Waals surface area contributed by atoms with E-state index in [1.165, 1.54) is 32.4 Å². The molecule has 0 saturated heterocycles. The molecule has 0 atom stereocenters. The van der Waals surface area contributed by atoms with Gasteiger partial charge in [-0.05, 0) is 42.5 Å². The zero-order chi connectivity index (χ0) is 20.9. The topological polar surface area (TPSA) is 86.1 Å². The lowest BCUT2D eigenvalue weighted by Crippen LogP contribution is -2.27. The van der Waals surface area contributed by atoms with E-state index in [0.717, 1.165) is 0 Å². The molecule has 29 heavy (non-hydrogen) atoms. The number of ether oxygens (including phenoxy) is 1. The first-order chi connectivity index (χ1) is 13.9. The summed E-state index contributed by atoms with van der Waals surface area (Å²) in [5.74, 6) is 1.16. The van der Waals surface area contributed by atoms with E-state index in [9.17, 15) is 13.2 Å². The molecule has 0 radical (unpaired) electrons. The summed E-state index contributed by atoms with van der Waals surface area (Å²) in [6.45, 7) is 1.88. The van der Waals surface area contributed by atoms with Gasteiger partial charge in [-0.1, -0.05) is 18.2 Å². The highest BCUT2D eigenvalue weighted by molar-refractivity contribution is 7.87. The van der Waals surface area contributed by atoms with Crippen LogP contribution >= 0.6 is 0 Å². The molecule has 2 aromatic carbocycles. The summed E-state index contributed by atoms with van der Waals surface area (Å²) in [4.78, 5) is 13.6. The maximum Gasteiger partial charge on any atom is 0.339 e. The van der Waals surface area contributed by atoms with Crippen LogP contribution in [0, 0.1) is 0 Å². The van der Waals surface area contributed by atoms with Crippen LogP contribution in [0.3, 0.4) is 0 Å². The van der Waals surface area contributed by atoms with Crippen LogP contribution < -0.4 is 8.92 Å². The van der Waals surface area contributed by atoms with Crippen molar-refractivity contribution in [3.63, 3.8) is 0 Å². The van der Waals surface area contributed by atoms with Gasteiger partial charge in [-0.2, -0.15) is 8.42 Å². The largest absolute Gasteiger partial charge is 0.497 e. The second-order valence-electron chi connectivity index (χ2n) is 6.28. The summed E-state index contributed by atoms with van der Waals surface area (Å²) in [5, 5.41) is 0. The first kappa shape index (κ1) is 20.5. The minimum atomic E-state index is -4.04. The fraction of sp³-hybridized carbons (Fsp3) is 0.190. The molecule has 0 aliphatic rings. The maximum absolute atomic E-state index is 12.7. The normalized spacial score (nSPS) is 11.1. The van der Waals surface area contributed by atoms with Crippen LogP contribution in [0.15, 0.2) is 76.2 Å². The number of hydrogen-bond donors (Lipinski definition) is 0. The van der Waals surface area contributed by atoms with Gasteiger partial charge in [0.25, 0.3) is 0 Å². The molecule has 0 N–H and O–H groups in total. The molecule has 0 unspecified atom stereocenters. The van der Waals surface area contributed by atoms with Crippen molar-refractivity contribution in [1.82, 2.24) is 4.90 Å². The fourth-order valence-electron chi connectivity index (χ4n) is 2.70. The molecule has 1 heterocycles. The van der Waals surface area contributed by atoms with Gasteiger partial charge < -0.3 is 18.2 Å². The zero-order valence-electron chi connectivity index (χ0n) is 16.1. The smallest absolute Gasteiger partial charge is 0.339 e. The Bertz CT molecular complexity index is 1060. The molecular formula is C21H21NO6S. The van der Waals surface area contributed by atoms with Gasteiger partial charge in [-0.15, -0.1) is 0 Å². The number of carbonyl (C=O) groups is 1. The molecule has 0 bridgehead atoms. The Morgan fingerprint density at radius 3 is 2.34 bits per heavy atom. The van der Waals surface area contributed by atoms with E-state index in [1.807, 2.05) is 0 Å². The Kier molecular flexibility index (Phi) is 6.23. The number of para-hydroxylation sites is 1. The molecule has 7 nitrogen and oxygen atoms in total. The van der Waals surface area contributed by atoms with Crippen LogP contribution in [0.4, 0.5) is 0 Å². The van der Waals surface area contributed by atoms with E-state index < -0.39 is 10.1 Å². The van der Waals surface area contributed by atoms with Crippen molar-refractivity contribution >= 4 is 16.0 Å². The average Bonchev–Trinajstić information content (AvgIpc) is 3.22. The van der Waals surface area contributed by atoms with Gasteiger partial charge in [0.05, 0.1) is 19.9 Å². The first-order valence-corrected chi connectivity index (χ1v) is 10.2. The average molecular weight is 415 g/mol. The minimum Gasteiger partial charge on any atom is -0.497 e. The SMILES string of the molecule is COc1ccc(S(=O)(=O)Oc2ccccc2CN(Cc2ccco2)C(C)=O)cc1. The fourth-order valence-corrected chi connectivity index (χ4v) is 3.66. The summed E-state index contributed by atoms with van der Waals surface area (Å²) < 4.78 is 41.1. The maximum atomic E-state index is 12.7. The van der Waals surface area contributed by atoms with Crippen LogP contribution in [-0.4, -0.2) is 26.3 Å². The highest BCUT2D eigenvalue weighted by atomic mass is 32.2. The van der Waals surface area contributed by atoms with Crippen LogP contribution in [-0.2, 0) is 28.0 Å². The van der Waals surface area contributed by atoms with E-state index in [1.54, 1.807) is 53.4 Å². The number of hydrogen-bond acceptors (Lipinski definition) is 6. The molecule has 0 saturated carbocycles. The third-order valence-corrected chi connectivity index (χ3v) is 5.50. The van der Waals surface area contributed by atoms with E-state index in [0.29, 0.717) is 17.1 Å². The Morgan fingerprint density at radius 2 is 1.72 bits per heavy atom. The Hall–Kier alpha value is -3.26. The molecule has 152 valence electrons. The van der Waals surface area contributed by atoms with E-state index in [4.69, 9.17) is 13.3 Å². The second kappa shape index (κ2) is 8.83. The van der Waals surface area contributed by atoms with Crippen molar-refractivity contribution in [2.75, 3.05) is 7.11 Å². The van der Waals surface area contributed by atoms with Crippen LogP contribution in [0.25, 0.3) is 0 Å². The number of furan rings is 1. The lowest BCUT2D eigenvalue weighted by atomic mass is 10.2. The van der Waals surface area contributed by atoms with E-state index in [2.05, 4.69) is 0 Å². The first-order valence-electron chi connectivity index (χ1n) is 8.83. The zero-order valence-corrected chi connectivity index (χ0v) is 16.9. The summed E-state index contributed by atoms with van der Waals surface area (Å²) >= 11 is 0. The van der Waals surface area contributed by atoms with Crippen molar-refractivity contribution in [1.29, 1.82) is 0 Å². The molecular weight excluding hydrogens is 394 g/mol. The van der Waals surface area contributed by atoms with Crippen molar-refractivity contribution in [2.45, 2.75) is 24.9 Å². The van der Waals surface area contributed by atoms with Gasteiger partial charge in [0, 0.05) is 19.0 Å². The Morgan fingerprint density at radius 1 is 1.00 bits per heavy atom. The van der Waals surface area contributed by atoms with Gasteiger partial charge in [-0.25, -0.2) is 0 Å². The highest BCUT2D eigenvalue weighted by Gasteiger charge is 2.20. The molecule has 0 fully saturated rings. The van der Waals surface area contributed by atoms with Gasteiger partial charge in [0.15, 0.2) is 0 Å². The molecule has 0 aliphatic carbocycles. The van der Waals surface area contributed by atoms with Gasteiger partial charge >= 0.3 is 10.1 Å². The monoisotopic (exact) mass is 415 g/mol. The Balaban J connectivity index is 1.82. The molecule has 8 heteroatoms. The van der Waals surface area contributed by atoms with Crippen molar-refractivity contribution in [3.8, 4) is 11.5 Å². The second-order valence-corrected chi connectivity index (χ2v) is 7.82. The van der Waals surface area contributed by atoms with Gasteiger partial charge in [0.1, 0.15) is 22.2 Å². The summed E-state index contributed by atoms with van der Waals surface area (Å²) in [7, 11) is -2.54. The standard InChI is InChI=1S/C21H21NO6S/c1-16(23)22(15-19-7-5-13-27-19)14-17-6-3-4-8-21(17)28-29(24,25)20-11-9-18(26-2)10-12-20/h3-13H,14-15H2,1-2H3. The predicted molar refractivity (Wildman–Crippen MR) is 106 cm³/mol. The lowest BCUT2D eigenvalue weighted by Gasteiger charge is -2.21. The summed E-state index contributed by atoms with van der Waals surface area (Å²) in [6.07, 6.45) is 1.53. The molecule has 3 aromatic rings. The predicted octanol–water partition coefficient (Wildman–Crippen LogP) is 3.60. The minimum absolute atomic E-state index is 0.00659. The number of nitrogens with zero attached hydrogens (tertiary/aromatic N) is 1. The van der Waals surface area contributed by atoms with Crippen molar-refractivity contribution < 1.29 is 26.5 Å². The molecule has 1 amide bonds. The van der Waals surface area contributed by atoms with Gasteiger partial charge in [-0.3, -0.25) is 4.79 Å². The van der Waals surface area contributed by atoms with Crippen LogP contribution in [0.1, 0.15) is 18.2 Å². The quantitative estimate of drug-likeness (QED) is 0.523. The number of methoxy groups -OCH3 is 1. The highest BCUT2D eigenvalue weighted by Crippen LogP contribution is 2.26. The molecule has 1 aromatic heterocycles. The Labute approximate surface area is 169 Å². The van der Waals surface area contributed by atoms with Gasteiger partial charge in [0.2, 0.25) is 5.91 Å². The van der Waals surface area contributed by atoms with E-state index in [-0.39, 0.29) is 29.6 Å². The third-order valence-electron chi connectivity index (χ3n) is 4.25. The summed E-state index contributed by atoms with van der Waals surface area (Å²) in [6, 6.07) is 16.1. The number of carbonyl (C=O) groups excluding carboxylic acids is 1. The number of rotatable bonds is 8. The number of amides is 1. The van der Waals surface area contributed by atoms with Crippen molar-refractivity contribution in [2.24, 2.45) is 0 Å². The third kappa shape index (κ3) is 5.17. The van der Waals surface area contributed by atoms with Crippen molar-refractivity contribution in [3.05, 3.63) is 78.3 Å². The number of benzene rings is 2. The molecule has 3 rings (SSSR count). The van der Waals surface area contributed by atoms with Crippen LogP contribution in [0.5, 0.6) is 11.5 Å². The molecule has 0 aliphatic heterocycles. The van der Waals surface area contributed by atoms with Crippen LogP contribution in [0.2, 0.25) is 0 Å². The van der Waals surface area contributed by atoms with E-state index >= 15 is 0 Å².